The monoisotopic (exact) mass is 237 g/mol. The third kappa shape index (κ3) is 1.74. The van der Waals surface area contributed by atoms with Crippen molar-refractivity contribution in [2.24, 2.45) is 17.8 Å². The second kappa shape index (κ2) is 4.00. The molecule has 4 atom stereocenters. The van der Waals surface area contributed by atoms with Gasteiger partial charge in [-0.2, -0.15) is 0 Å². The molecule has 3 aliphatic rings. The molecule has 4 heteroatoms. The highest BCUT2D eigenvalue weighted by Gasteiger charge is 2.58. The number of hydrogen-bond acceptors (Lipinski definition) is 2. The number of piperidine rings is 1. The average Bonchev–Trinajstić information content (AvgIpc) is 2.81. The number of hydrogen-bond donors (Lipinski definition) is 1. The van der Waals surface area contributed by atoms with Crippen LogP contribution >= 0.6 is 0 Å². The summed E-state index contributed by atoms with van der Waals surface area (Å²) in [6, 6.07) is -0.558. The zero-order chi connectivity index (χ0) is 12.0. The van der Waals surface area contributed by atoms with Gasteiger partial charge in [0.15, 0.2) is 0 Å². The first-order valence-corrected chi connectivity index (χ1v) is 6.73. The molecule has 1 aliphatic heterocycles. The van der Waals surface area contributed by atoms with Crippen LogP contribution in [0.3, 0.4) is 0 Å². The SMILES string of the molecule is O=C(O)[C@H]1CCCCN1C(=O)C1[C@H]2CCC[C@@H]12. The van der Waals surface area contributed by atoms with E-state index in [0.717, 1.165) is 12.8 Å². The van der Waals surface area contributed by atoms with E-state index in [1.807, 2.05) is 0 Å². The van der Waals surface area contributed by atoms with Gasteiger partial charge < -0.3 is 10.0 Å². The smallest absolute Gasteiger partial charge is 0.326 e. The van der Waals surface area contributed by atoms with Gasteiger partial charge in [0, 0.05) is 12.5 Å². The fourth-order valence-electron chi connectivity index (χ4n) is 3.83. The number of amides is 1. The number of aliphatic carboxylic acids is 1. The minimum atomic E-state index is -0.830. The van der Waals surface area contributed by atoms with Crippen molar-refractivity contribution >= 4 is 11.9 Å². The summed E-state index contributed by atoms with van der Waals surface area (Å²) in [7, 11) is 0. The molecule has 0 aromatic heterocycles. The summed E-state index contributed by atoms with van der Waals surface area (Å²) < 4.78 is 0. The van der Waals surface area contributed by atoms with E-state index in [-0.39, 0.29) is 11.8 Å². The van der Waals surface area contributed by atoms with Crippen molar-refractivity contribution in [3.8, 4) is 0 Å². The number of carbonyl (C=O) groups excluding carboxylic acids is 1. The van der Waals surface area contributed by atoms with Gasteiger partial charge in [0.1, 0.15) is 6.04 Å². The first-order chi connectivity index (χ1) is 8.20. The molecule has 1 N–H and O–H groups in total. The van der Waals surface area contributed by atoms with Crippen molar-refractivity contribution in [2.45, 2.75) is 44.6 Å². The first kappa shape index (κ1) is 11.1. The lowest BCUT2D eigenvalue weighted by molar-refractivity contribution is -0.153. The maximum Gasteiger partial charge on any atom is 0.326 e. The Balaban J connectivity index is 1.69. The summed E-state index contributed by atoms with van der Waals surface area (Å²) >= 11 is 0. The van der Waals surface area contributed by atoms with Crippen LogP contribution in [0.15, 0.2) is 0 Å². The fraction of sp³-hybridized carbons (Fsp3) is 0.846. The van der Waals surface area contributed by atoms with Crippen LogP contribution in [0.2, 0.25) is 0 Å². The Kier molecular flexibility index (Phi) is 2.60. The fourth-order valence-corrected chi connectivity index (χ4v) is 3.83. The second-order valence-electron chi connectivity index (χ2n) is 5.67. The van der Waals surface area contributed by atoms with Crippen molar-refractivity contribution in [2.75, 3.05) is 6.54 Å². The first-order valence-electron chi connectivity index (χ1n) is 6.73. The van der Waals surface area contributed by atoms with Crippen LogP contribution in [-0.4, -0.2) is 34.5 Å². The van der Waals surface area contributed by atoms with Crippen LogP contribution in [0.5, 0.6) is 0 Å². The topological polar surface area (TPSA) is 57.6 Å². The van der Waals surface area contributed by atoms with Gasteiger partial charge in [-0.1, -0.05) is 6.42 Å². The van der Waals surface area contributed by atoms with Gasteiger partial charge in [-0.3, -0.25) is 4.79 Å². The van der Waals surface area contributed by atoms with E-state index in [2.05, 4.69) is 0 Å². The third-order valence-electron chi connectivity index (χ3n) is 4.76. The molecule has 2 aliphatic carbocycles. The van der Waals surface area contributed by atoms with Crippen molar-refractivity contribution in [3.63, 3.8) is 0 Å². The quantitative estimate of drug-likeness (QED) is 0.791. The van der Waals surface area contributed by atoms with Gasteiger partial charge in [-0.15, -0.1) is 0 Å². The van der Waals surface area contributed by atoms with Gasteiger partial charge in [0.05, 0.1) is 0 Å². The summed E-state index contributed by atoms with van der Waals surface area (Å²) in [5, 5.41) is 9.17. The molecule has 0 aromatic carbocycles. The minimum absolute atomic E-state index is 0.131. The zero-order valence-electron chi connectivity index (χ0n) is 9.97. The minimum Gasteiger partial charge on any atom is -0.480 e. The van der Waals surface area contributed by atoms with Gasteiger partial charge in [0.2, 0.25) is 5.91 Å². The third-order valence-corrected chi connectivity index (χ3v) is 4.76. The van der Waals surface area contributed by atoms with Crippen LogP contribution in [0.25, 0.3) is 0 Å². The predicted octanol–water partition coefficient (Wildman–Crippen LogP) is 1.50. The van der Waals surface area contributed by atoms with E-state index >= 15 is 0 Å². The Morgan fingerprint density at radius 1 is 1.00 bits per heavy atom. The standard InChI is InChI=1S/C13H19NO3/c15-12(11-8-4-3-5-9(8)11)14-7-2-1-6-10(14)13(16)17/h8-11H,1-7H2,(H,16,17)/t8-,9+,10-,11?/m1/s1. The van der Waals surface area contributed by atoms with E-state index < -0.39 is 12.0 Å². The van der Waals surface area contributed by atoms with E-state index in [1.54, 1.807) is 4.90 Å². The largest absolute Gasteiger partial charge is 0.480 e. The highest BCUT2D eigenvalue weighted by molar-refractivity contribution is 5.87. The van der Waals surface area contributed by atoms with Crippen molar-refractivity contribution in [3.05, 3.63) is 0 Å². The molecule has 3 fully saturated rings. The highest BCUT2D eigenvalue weighted by atomic mass is 16.4. The number of nitrogens with zero attached hydrogens (tertiary/aromatic N) is 1. The molecule has 1 amide bonds. The Morgan fingerprint density at radius 2 is 1.71 bits per heavy atom. The summed E-state index contributed by atoms with van der Waals surface area (Å²) in [5.41, 5.74) is 0. The molecule has 0 radical (unpaired) electrons. The lowest BCUT2D eigenvalue weighted by Crippen LogP contribution is -2.49. The summed E-state index contributed by atoms with van der Waals surface area (Å²) in [6.07, 6.45) is 6.11. The molecule has 2 saturated carbocycles. The predicted molar refractivity (Wildman–Crippen MR) is 61.3 cm³/mol. The van der Waals surface area contributed by atoms with Crippen LogP contribution in [0, 0.1) is 17.8 Å². The number of fused-ring (bicyclic) bond motifs is 1. The summed E-state index contributed by atoms with van der Waals surface area (Å²) in [6.45, 7) is 0.645. The lowest BCUT2D eigenvalue weighted by Gasteiger charge is -2.33. The molecule has 17 heavy (non-hydrogen) atoms. The van der Waals surface area contributed by atoms with Crippen LogP contribution in [-0.2, 0) is 9.59 Å². The number of carbonyl (C=O) groups is 2. The van der Waals surface area contributed by atoms with E-state index in [1.165, 1.54) is 19.3 Å². The molecular formula is C13H19NO3. The summed E-state index contributed by atoms with van der Waals surface area (Å²) in [4.78, 5) is 25.2. The van der Waals surface area contributed by atoms with Gasteiger partial charge in [0.25, 0.3) is 0 Å². The Labute approximate surface area is 101 Å². The maximum atomic E-state index is 12.4. The normalized spacial score (nSPS) is 39.9. The highest BCUT2D eigenvalue weighted by Crippen LogP contribution is 2.58. The Bertz CT molecular complexity index is 345. The van der Waals surface area contributed by atoms with E-state index in [9.17, 15) is 9.59 Å². The molecule has 1 heterocycles. The summed E-state index contributed by atoms with van der Waals surface area (Å²) in [5.74, 6) is 0.636. The number of carboxylic acid groups (broad SMARTS) is 1. The average molecular weight is 237 g/mol. The molecule has 3 rings (SSSR count). The number of rotatable bonds is 2. The number of likely N-dealkylation sites (tertiary alicyclic amines) is 1. The van der Waals surface area contributed by atoms with Gasteiger partial charge >= 0.3 is 5.97 Å². The van der Waals surface area contributed by atoms with Crippen LogP contribution in [0.1, 0.15) is 38.5 Å². The Hall–Kier alpha value is -1.06. The molecule has 0 bridgehead atoms. The van der Waals surface area contributed by atoms with Crippen molar-refractivity contribution in [1.29, 1.82) is 0 Å². The Morgan fingerprint density at radius 3 is 2.35 bits per heavy atom. The second-order valence-corrected chi connectivity index (χ2v) is 5.67. The molecule has 1 saturated heterocycles. The van der Waals surface area contributed by atoms with Crippen molar-refractivity contribution in [1.82, 2.24) is 4.90 Å². The number of carboxylic acids is 1. The molecule has 0 spiro atoms. The molecule has 94 valence electrons. The van der Waals surface area contributed by atoms with Gasteiger partial charge in [-0.25, -0.2) is 4.79 Å². The maximum absolute atomic E-state index is 12.4. The molecular weight excluding hydrogens is 218 g/mol. The molecule has 0 aromatic rings. The van der Waals surface area contributed by atoms with E-state index in [0.29, 0.717) is 24.8 Å². The zero-order valence-corrected chi connectivity index (χ0v) is 9.97. The van der Waals surface area contributed by atoms with E-state index in [4.69, 9.17) is 5.11 Å². The lowest BCUT2D eigenvalue weighted by atomic mass is 10.0. The van der Waals surface area contributed by atoms with Crippen LogP contribution in [0.4, 0.5) is 0 Å². The molecule has 1 unspecified atom stereocenters. The van der Waals surface area contributed by atoms with Gasteiger partial charge in [-0.05, 0) is 43.9 Å². The van der Waals surface area contributed by atoms with Crippen molar-refractivity contribution < 1.29 is 14.7 Å². The molecule has 4 nitrogen and oxygen atoms in total. The van der Waals surface area contributed by atoms with Crippen LogP contribution < -0.4 is 0 Å².